The number of nitrogens with zero attached hydrogens (tertiary/aromatic N) is 3. The quantitative estimate of drug-likeness (QED) is 0.560. The van der Waals surface area contributed by atoms with E-state index in [4.69, 9.17) is 9.47 Å². The first-order chi connectivity index (χ1) is 14.1. The molecule has 1 aliphatic heterocycles. The zero-order chi connectivity index (χ0) is 20.4. The highest BCUT2D eigenvalue weighted by molar-refractivity contribution is 8.00. The maximum atomic E-state index is 12.0. The van der Waals surface area contributed by atoms with Crippen LogP contribution < -0.4 is 4.74 Å². The van der Waals surface area contributed by atoms with Gasteiger partial charge in [-0.25, -0.2) is 0 Å². The lowest BCUT2D eigenvalue weighted by atomic mass is 10.0. The number of thioether (sulfide) groups is 1. The number of rotatable bonds is 6. The normalized spacial score (nSPS) is 16.3. The Balaban J connectivity index is 1.85. The lowest BCUT2D eigenvalue weighted by molar-refractivity contribution is -0.137. The molecule has 29 heavy (non-hydrogen) atoms. The standard InChI is InChI=1S/C22H23N3O3S/c1-14(2)17-6-4-5-7-18(17)25-20(15-8-10-16(27-3)11-9-15)23-24-22(25)29-19-12-13-28-21(19)26/h4-11,14,19H,12-13H2,1-3H3/t19-/m1/s1. The second kappa shape index (κ2) is 8.29. The smallest absolute Gasteiger partial charge is 0.319 e. The van der Waals surface area contributed by atoms with E-state index in [1.54, 1.807) is 7.11 Å². The van der Waals surface area contributed by atoms with Crippen LogP contribution >= 0.6 is 11.8 Å². The second-order valence-corrected chi connectivity index (χ2v) is 8.32. The summed E-state index contributed by atoms with van der Waals surface area (Å²) < 4.78 is 12.5. The number of carbonyl (C=O) groups is 1. The van der Waals surface area contributed by atoms with Crippen LogP contribution in [-0.4, -0.2) is 39.7 Å². The molecule has 0 aliphatic carbocycles. The predicted molar refractivity (Wildman–Crippen MR) is 113 cm³/mol. The van der Waals surface area contributed by atoms with Gasteiger partial charge in [0.05, 0.1) is 19.4 Å². The Hall–Kier alpha value is -2.80. The molecule has 0 bridgehead atoms. The van der Waals surface area contributed by atoms with Gasteiger partial charge in [0, 0.05) is 12.0 Å². The number of hydrogen-bond donors (Lipinski definition) is 0. The van der Waals surface area contributed by atoms with E-state index in [2.05, 4.69) is 36.2 Å². The van der Waals surface area contributed by atoms with Crippen molar-refractivity contribution in [1.82, 2.24) is 14.8 Å². The molecular weight excluding hydrogens is 386 g/mol. The van der Waals surface area contributed by atoms with Gasteiger partial charge in [0.25, 0.3) is 0 Å². The largest absolute Gasteiger partial charge is 0.497 e. The maximum Gasteiger partial charge on any atom is 0.319 e. The average Bonchev–Trinajstić information content (AvgIpc) is 3.34. The monoisotopic (exact) mass is 409 g/mol. The molecular formula is C22H23N3O3S. The molecule has 1 aromatic heterocycles. The fraction of sp³-hybridized carbons (Fsp3) is 0.318. The van der Waals surface area contributed by atoms with Gasteiger partial charge < -0.3 is 9.47 Å². The summed E-state index contributed by atoms with van der Waals surface area (Å²) in [6, 6.07) is 16.0. The topological polar surface area (TPSA) is 66.2 Å². The van der Waals surface area contributed by atoms with E-state index in [1.165, 1.54) is 17.3 Å². The Labute approximate surface area is 174 Å². The average molecular weight is 410 g/mol. The number of cyclic esters (lactones) is 1. The van der Waals surface area contributed by atoms with Gasteiger partial charge in [-0.3, -0.25) is 9.36 Å². The minimum absolute atomic E-state index is 0.187. The molecule has 1 saturated heterocycles. The van der Waals surface area contributed by atoms with Gasteiger partial charge in [0.2, 0.25) is 0 Å². The summed E-state index contributed by atoms with van der Waals surface area (Å²) in [7, 11) is 1.64. The second-order valence-electron chi connectivity index (χ2n) is 7.15. The summed E-state index contributed by atoms with van der Waals surface area (Å²) in [5.74, 6) is 1.65. The summed E-state index contributed by atoms with van der Waals surface area (Å²) in [4.78, 5) is 12.0. The molecule has 2 aromatic carbocycles. The van der Waals surface area contributed by atoms with Crippen molar-refractivity contribution in [2.24, 2.45) is 0 Å². The van der Waals surface area contributed by atoms with Crippen molar-refractivity contribution in [2.75, 3.05) is 13.7 Å². The Morgan fingerprint density at radius 2 is 1.90 bits per heavy atom. The van der Waals surface area contributed by atoms with Crippen molar-refractivity contribution in [2.45, 2.75) is 36.6 Å². The van der Waals surface area contributed by atoms with E-state index in [1.807, 2.05) is 41.0 Å². The maximum absolute atomic E-state index is 12.0. The summed E-state index contributed by atoms with van der Waals surface area (Å²) in [5.41, 5.74) is 3.14. The molecule has 3 aromatic rings. The number of benzene rings is 2. The van der Waals surface area contributed by atoms with E-state index in [0.717, 1.165) is 22.8 Å². The van der Waals surface area contributed by atoms with Gasteiger partial charge in [-0.15, -0.1) is 10.2 Å². The zero-order valence-corrected chi connectivity index (χ0v) is 17.5. The molecule has 0 N–H and O–H groups in total. The van der Waals surface area contributed by atoms with Crippen LogP contribution in [0.3, 0.4) is 0 Å². The first kappa shape index (κ1) is 19.5. The Kier molecular flexibility index (Phi) is 5.58. The van der Waals surface area contributed by atoms with E-state index in [-0.39, 0.29) is 11.2 Å². The molecule has 1 atom stereocenters. The molecule has 4 rings (SSSR count). The van der Waals surface area contributed by atoms with Gasteiger partial charge in [0.1, 0.15) is 11.0 Å². The molecule has 0 spiro atoms. The third kappa shape index (κ3) is 3.87. The molecule has 1 aliphatic rings. The Bertz CT molecular complexity index is 1010. The van der Waals surface area contributed by atoms with Crippen LogP contribution in [0, 0.1) is 0 Å². The highest BCUT2D eigenvalue weighted by Gasteiger charge is 2.31. The molecule has 1 fully saturated rings. The molecule has 6 nitrogen and oxygen atoms in total. The fourth-order valence-electron chi connectivity index (χ4n) is 3.38. The summed E-state index contributed by atoms with van der Waals surface area (Å²) >= 11 is 1.41. The number of esters is 1. The number of hydrogen-bond acceptors (Lipinski definition) is 6. The van der Waals surface area contributed by atoms with Crippen molar-refractivity contribution in [1.29, 1.82) is 0 Å². The molecule has 150 valence electrons. The van der Waals surface area contributed by atoms with E-state index in [9.17, 15) is 4.79 Å². The van der Waals surface area contributed by atoms with Crippen molar-refractivity contribution in [3.05, 3.63) is 54.1 Å². The van der Waals surface area contributed by atoms with Crippen LogP contribution in [0.4, 0.5) is 0 Å². The van der Waals surface area contributed by atoms with Crippen molar-refractivity contribution < 1.29 is 14.3 Å². The van der Waals surface area contributed by atoms with Crippen molar-refractivity contribution in [3.63, 3.8) is 0 Å². The van der Waals surface area contributed by atoms with Gasteiger partial charge in [-0.2, -0.15) is 0 Å². The summed E-state index contributed by atoms with van der Waals surface area (Å²) in [6.07, 6.45) is 0.681. The van der Waals surface area contributed by atoms with Crippen molar-refractivity contribution >= 4 is 17.7 Å². The summed E-state index contributed by atoms with van der Waals surface area (Å²) in [5, 5.41) is 9.36. The zero-order valence-electron chi connectivity index (χ0n) is 16.7. The van der Waals surface area contributed by atoms with Crippen LogP contribution in [0.5, 0.6) is 5.75 Å². The Morgan fingerprint density at radius 1 is 1.14 bits per heavy atom. The third-order valence-corrected chi connectivity index (χ3v) is 6.10. The first-order valence-corrected chi connectivity index (χ1v) is 10.5. The number of methoxy groups -OCH3 is 1. The van der Waals surface area contributed by atoms with Gasteiger partial charge in [0.15, 0.2) is 11.0 Å². The third-order valence-electron chi connectivity index (χ3n) is 4.92. The Morgan fingerprint density at radius 3 is 2.55 bits per heavy atom. The van der Waals surface area contributed by atoms with E-state index >= 15 is 0 Å². The van der Waals surface area contributed by atoms with Gasteiger partial charge in [-0.1, -0.05) is 43.8 Å². The fourth-order valence-corrected chi connectivity index (χ4v) is 4.39. The van der Waals surface area contributed by atoms with Gasteiger partial charge in [-0.05, 0) is 41.8 Å². The van der Waals surface area contributed by atoms with Gasteiger partial charge >= 0.3 is 5.97 Å². The molecule has 0 saturated carbocycles. The van der Waals surface area contributed by atoms with E-state index in [0.29, 0.717) is 24.1 Å². The number of carbonyl (C=O) groups excluding carboxylic acids is 1. The number of para-hydroxylation sites is 1. The van der Waals surface area contributed by atoms with Crippen LogP contribution in [0.15, 0.2) is 53.7 Å². The highest BCUT2D eigenvalue weighted by atomic mass is 32.2. The number of ether oxygens (including phenoxy) is 2. The molecule has 0 radical (unpaired) electrons. The van der Waals surface area contributed by atoms with Crippen LogP contribution in [0.2, 0.25) is 0 Å². The van der Waals surface area contributed by atoms with Crippen LogP contribution in [0.1, 0.15) is 31.7 Å². The minimum atomic E-state index is -0.257. The lowest BCUT2D eigenvalue weighted by Gasteiger charge is -2.17. The lowest BCUT2D eigenvalue weighted by Crippen LogP contribution is -2.12. The highest BCUT2D eigenvalue weighted by Crippen LogP contribution is 2.35. The predicted octanol–water partition coefficient (Wildman–Crippen LogP) is 4.47. The minimum Gasteiger partial charge on any atom is -0.497 e. The van der Waals surface area contributed by atoms with Crippen LogP contribution in [0.25, 0.3) is 17.1 Å². The van der Waals surface area contributed by atoms with Crippen LogP contribution in [-0.2, 0) is 9.53 Å². The summed E-state index contributed by atoms with van der Waals surface area (Å²) in [6.45, 7) is 4.79. The number of aromatic nitrogens is 3. The molecule has 0 unspecified atom stereocenters. The molecule has 0 amide bonds. The van der Waals surface area contributed by atoms with E-state index < -0.39 is 0 Å². The van der Waals surface area contributed by atoms with Crippen molar-refractivity contribution in [3.8, 4) is 22.8 Å². The SMILES string of the molecule is COc1ccc(-c2nnc(S[C@@H]3CCOC3=O)n2-c2ccccc2C(C)C)cc1. The first-order valence-electron chi connectivity index (χ1n) is 9.61. The molecule has 7 heteroatoms. The molecule has 2 heterocycles.